The third-order valence-corrected chi connectivity index (χ3v) is 3.20. The third kappa shape index (κ3) is 4.15. The number of anilines is 3. The number of carbonyl (C=O) groups is 1. The van der Waals surface area contributed by atoms with Gasteiger partial charge in [-0.2, -0.15) is 13.2 Å². The minimum Gasteiger partial charge on any atom is -0.360 e. The Morgan fingerprint density at radius 2 is 2.00 bits per heavy atom. The molecule has 1 aromatic carbocycles. The van der Waals surface area contributed by atoms with Crippen molar-refractivity contribution < 1.29 is 22.5 Å². The highest BCUT2D eigenvalue weighted by atomic mass is 19.4. The quantitative estimate of drug-likeness (QED) is 0.733. The van der Waals surface area contributed by atoms with Crippen LogP contribution in [-0.2, 0) is 6.18 Å². The van der Waals surface area contributed by atoms with Crippen molar-refractivity contribution in [1.29, 1.82) is 0 Å². The standard InChI is InChI=1S/C16H12F3N5O2/c1-9-7-13(24-26-9)23-15-20-6-5-12(22-15)14(25)21-11-4-2-3-10(8-11)16(17,18)19/h2-8H,1H3,(H,21,25)(H,20,22,23,24). The molecular weight excluding hydrogens is 351 g/mol. The molecule has 1 amide bonds. The Morgan fingerprint density at radius 1 is 1.19 bits per heavy atom. The van der Waals surface area contributed by atoms with Gasteiger partial charge in [-0.25, -0.2) is 9.97 Å². The van der Waals surface area contributed by atoms with E-state index in [2.05, 4.69) is 25.8 Å². The number of aryl methyl sites for hydroxylation is 1. The zero-order valence-corrected chi connectivity index (χ0v) is 13.3. The van der Waals surface area contributed by atoms with Gasteiger partial charge in [-0.15, -0.1) is 0 Å². The van der Waals surface area contributed by atoms with Crippen LogP contribution in [0.1, 0.15) is 21.8 Å². The lowest BCUT2D eigenvalue weighted by molar-refractivity contribution is -0.137. The van der Waals surface area contributed by atoms with E-state index in [0.29, 0.717) is 11.6 Å². The van der Waals surface area contributed by atoms with Gasteiger partial charge in [-0.05, 0) is 31.2 Å². The molecule has 0 saturated heterocycles. The van der Waals surface area contributed by atoms with Crippen LogP contribution in [0.15, 0.2) is 47.1 Å². The van der Waals surface area contributed by atoms with Gasteiger partial charge in [0.05, 0.1) is 5.56 Å². The molecule has 0 unspecified atom stereocenters. The summed E-state index contributed by atoms with van der Waals surface area (Å²) in [6, 6.07) is 7.27. The highest BCUT2D eigenvalue weighted by molar-refractivity contribution is 6.03. The summed E-state index contributed by atoms with van der Waals surface area (Å²) in [5, 5.41) is 8.84. The molecule has 26 heavy (non-hydrogen) atoms. The van der Waals surface area contributed by atoms with Crippen LogP contribution in [0.5, 0.6) is 0 Å². The zero-order chi connectivity index (χ0) is 18.7. The first kappa shape index (κ1) is 17.4. The molecule has 0 spiro atoms. The van der Waals surface area contributed by atoms with Crippen molar-refractivity contribution >= 4 is 23.4 Å². The van der Waals surface area contributed by atoms with E-state index in [9.17, 15) is 18.0 Å². The topological polar surface area (TPSA) is 92.9 Å². The maximum Gasteiger partial charge on any atom is 0.416 e. The second-order valence-corrected chi connectivity index (χ2v) is 5.25. The van der Waals surface area contributed by atoms with E-state index in [0.717, 1.165) is 12.1 Å². The molecule has 3 aromatic rings. The molecule has 134 valence electrons. The highest BCUT2D eigenvalue weighted by Gasteiger charge is 2.30. The van der Waals surface area contributed by atoms with Gasteiger partial charge >= 0.3 is 6.18 Å². The average molecular weight is 363 g/mol. The van der Waals surface area contributed by atoms with E-state index in [1.807, 2.05) is 0 Å². The first-order valence-electron chi connectivity index (χ1n) is 7.33. The summed E-state index contributed by atoms with van der Waals surface area (Å²) in [6.07, 6.45) is -3.16. The maximum atomic E-state index is 12.7. The Morgan fingerprint density at radius 3 is 2.69 bits per heavy atom. The number of amides is 1. The molecule has 0 saturated carbocycles. The van der Waals surface area contributed by atoms with E-state index < -0.39 is 17.6 Å². The molecule has 0 bridgehead atoms. The summed E-state index contributed by atoms with van der Waals surface area (Å²) in [6.45, 7) is 1.71. The first-order valence-corrected chi connectivity index (χ1v) is 7.33. The molecular formula is C16H12F3N5O2. The lowest BCUT2D eigenvalue weighted by Gasteiger charge is -2.10. The summed E-state index contributed by atoms with van der Waals surface area (Å²) < 4.78 is 43.1. The fourth-order valence-electron chi connectivity index (χ4n) is 2.05. The Hall–Kier alpha value is -3.43. The molecule has 2 N–H and O–H groups in total. The number of aromatic nitrogens is 3. The van der Waals surface area contributed by atoms with Gasteiger partial charge in [-0.3, -0.25) is 4.79 Å². The molecule has 2 aromatic heterocycles. The number of nitrogens with zero attached hydrogens (tertiary/aromatic N) is 3. The molecule has 3 rings (SSSR count). The van der Waals surface area contributed by atoms with Gasteiger partial charge in [0, 0.05) is 18.0 Å². The van der Waals surface area contributed by atoms with Crippen molar-refractivity contribution in [2.45, 2.75) is 13.1 Å². The average Bonchev–Trinajstić information content (AvgIpc) is 2.99. The Kier molecular flexibility index (Phi) is 4.57. The zero-order valence-electron chi connectivity index (χ0n) is 13.3. The van der Waals surface area contributed by atoms with Crippen molar-refractivity contribution in [3.05, 3.63) is 59.6 Å². The van der Waals surface area contributed by atoms with Crippen molar-refractivity contribution in [1.82, 2.24) is 15.1 Å². The SMILES string of the molecule is Cc1cc(Nc2nccc(C(=O)Nc3cccc(C(F)(F)F)c3)n2)no1. The van der Waals surface area contributed by atoms with Gasteiger partial charge < -0.3 is 15.2 Å². The molecule has 0 atom stereocenters. The van der Waals surface area contributed by atoms with Crippen LogP contribution in [0.2, 0.25) is 0 Å². The molecule has 7 nitrogen and oxygen atoms in total. The second kappa shape index (κ2) is 6.82. The summed E-state index contributed by atoms with van der Waals surface area (Å²) in [5.41, 5.74) is -0.882. The number of carbonyl (C=O) groups excluding carboxylic acids is 1. The van der Waals surface area contributed by atoms with Crippen molar-refractivity contribution in [2.75, 3.05) is 10.6 Å². The number of hydrogen-bond acceptors (Lipinski definition) is 6. The smallest absolute Gasteiger partial charge is 0.360 e. The molecule has 0 aliphatic heterocycles. The summed E-state index contributed by atoms with van der Waals surface area (Å²) in [5.74, 6) is 0.352. The second-order valence-electron chi connectivity index (χ2n) is 5.25. The van der Waals surface area contributed by atoms with Gasteiger partial charge in [0.25, 0.3) is 5.91 Å². The van der Waals surface area contributed by atoms with Crippen LogP contribution in [0.25, 0.3) is 0 Å². The number of halogens is 3. The molecule has 2 heterocycles. The monoisotopic (exact) mass is 363 g/mol. The lowest BCUT2D eigenvalue weighted by Crippen LogP contribution is -2.15. The number of hydrogen-bond donors (Lipinski definition) is 2. The third-order valence-electron chi connectivity index (χ3n) is 3.20. The first-order chi connectivity index (χ1) is 12.3. The number of rotatable bonds is 4. The van der Waals surface area contributed by atoms with Crippen molar-refractivity contribution in [3.8, 4) is 0 Å². The van der Waals surface area contributed by atoms with Gasteiger partial charge in [0.2, 0.25) is 5.95 Å². The maximum absolute atomic E-state index is 12.7. The number of nitrogens with one attached hydrogen (secondary N) is 2. The Labute approximate surface area is 145 Å². The van der Waals surface area contributed by atoms with E-state index in [1.54, 1.807) is 13.0 Å². The lowest BCUT2D eigenvalue weighted by atomic mass is 10.2. The summed E-state index contributed by atoms with van der Waals surface area (Å²) in [7, 11) is 0. The highest BCUT2D eigenvalue weighted by Crippen LogP contribution is 2.30. The van der Waals surface area contributed by atoms with Gasteiger partial charge in [0.1, 0.15) is 11.5 Å². The molecule has 0 aliphatic carbocycles. The van der Waals surface area contributed by atoms with Crippen LogP contribution in [-0.4, -0.2) is 21.0 Å². The van der Waals surface area contributed by atoms with E-state index in [4.69, 9.17) is 4.52 Å². The number of alkyl halides is 3. The number of benzene rings is 1. The molecule has 0 radical (unpaired) electrons. The minimum absolute atomic E-state index is 0.00470. The van der Waals surface area contributed by atoms with Crippen LogP contribution in [0, 0.1) is 6.92 Å². The molecule has 0 fully saturated rings. The van der Waals surface area contributed by atoms with E-state index in [1.165, 1.54) is 24.4 Å². The van der Waals surface area contributed by atoms with E-state index >= 15 is 0 Å². The fourth-order valence-corrected chi connectivity index (χ4v) is 2.05. The predicted octanol–water partition coefficient (Wildman–Crippen LogP) is 3.79. The predicted molar refractivity (Wildman–Crippen MR) is 86.0 cm³/mol. The molecule has 0 aliphatic rings. The van der Waals surface area contributed by atoms with Gasteiger partial charge in [-0.1, -0.05) is 11.2 Å². The largest absolute Gasteiger partial charge is 0.416 e. The van der Waals surface area contributed by atoms with Crippen LogP contribution < -0.4 is 10.6 Å². The summed E-state index contributed by atoms with van der Waals surface area (Å²) in [4.78, 5) is 20.2. The summed E-state index contributed by atoms with van der Waals surface area (Å²) >= 11 is 0. The van der Waals surface area contributed by atoms with Gasteiger partial charge in [0.15, 0.2) is 5.82 Å². The minimum atomic E-state index is -4.50. The van der Waals surface area contributed by atoms with Crippen LogP contribution in [0.4, 0.5) is 30.6 Å². The molecule has 10 heteroatoms. The van der Waals surface area contributed by atoms with E-state index in [-0.39, 0.29) is 17.3 Å². The van der Waals surface area contributed by atoms with Crippen molar-refractivity contribution in [3.63, 3.8) is 0 Å². The van der Waals surface area contributed by atoms with Crippen LogP contribution >= 0.6 is 0 Å². The van der Waals surface area contributed by atoms with Crippen molar-refractivity contribution in [2.24, 2.45) is 0 Å². The van der Waals surface area contributed by atoms with Crippen LogP contribution in [0.3, 0.4) is 0 Å². The Bertz CT molecular complexity index is 939. The normalized spacial score (nSPS) is 11.2. The Balaban J connectivity index is 1.75. The fraction of sp³-hybridized carbons (Fsp3) is 0.125.